The van der Waals surface area contributed by atoms with Crippen LogP contribution in [-0.4, -0.2) is 29.6 Å². The van der Waals surface area contributed by atoms with Crippen molar-refractivity contribution in [1.82, 2.24) is 9.97 Å². The number of thiophene rings is 1. The summed E-state index contributed by atoms with van der Waals surface area (Å²) in [7, 11) is 0. The normalized spacial score (nSPS) is 16.8. The number of nitrogens with zero attached hydrogens (tertiary/aromatic N) is 3. The third-order valence-electron chi connectivity index (χ3n) is 3.92. The molecule has 2 aromatic heterocycles. The van der Waals surface area contributed by atoms with Gasteiger partial charge in [0, 0.05) is 19.6 Å². The average Bonchev–Trinajstić information content (AvgIpc) is 2.93. The van der Waals surface area contributed by atoms with Crippen LogP contribution in [0.25, 0.3) is 10.2 Å². The summed E-state index contributed by atoms with van der Waals surface area (Å²) in [4.78, 5) is 12.9. The number of anilines is 2. The molecule has 0 atom stereocenters. The molecule has 1 aliphatic heterocycles. The summed E-state index contributed by atoms with van der Waals surface area (Å²) >= 11 is 1.70. The molecule has 0 aromatic carbocycles. The molecule has 3 rings (SSSR count). The van der Waals surface area contributed by atoms with Crippen LogP contribution in [0.4, 0.5) is 11.8 Å². The molecule has 1 aliphatic rings. The number of hydrogen-bond donors (Lipinski definition) is 1. The van der Waals surface area contributed by atoms with E-state index in [-0.39, 0.29) is 0 Å². The molecule has 3 heterocycles. The lowest BCUT2D eigenvalue weighted by Crippen LogP contribution is -2.33. The van der Waals surface area contributed by atoms with Crippen molar-refractivity contribution in [1.29, 1.82) is 0 Å². The monoisotopic (exact) mass is 290 g/mol. The summed E-state index contributed by atoms with van der Waals surface area (Å²) in [5, 5.41) is 6.63. The third kappa shape index (κ3) is 2.73. The van der Waals surface area contributed by atoms with Crippen LogP contribution in [0, 0.1) is 5.92 Å². The fraction of sp³-hybridized carbons (Fsp3) is 0.600. The minimum atomic E-state index is 0.774. The van der Waals surface area contributed by atoms with Crippen molar-refractivity contribution in [3.63, 3.8) is 0 Å². The Balaban J connectivity index is 1.93. The smallest absolute Gasteiger partial charge is 0.226 e. The zero-order valence-electron chi connectivity index (χ0n) is 12.2. The van der Waals surface area contributed by atoms with Crippen molar-refractivity contribution in [3.05, 3.63) is 11.4 Å². The van der Waals surface area contributed by atoms with Gasteiger partial charge in [-0.3, -0.25) is 0 Å². The molecule has 108 valence electrons. The molecule has 4 nitrogen and oxygen atoms in total. The summed E-state index contributed by atoms with van der Waals surface area (Å²) < 4.78 is 0. The lowest BCUT2D eigenvalue weighted by Gasteiger charge is -2.31. The summed E-state index contributed by atoms with van der Waals surface area (Å²) in [6.07, 6.45) is 3.60. The molecule has 5 heteroatoms. The van der Waals surface area contributed by atoms with Crippen molar-refractivity contribution in [2.75, 3.05) is 29.9 Å². The highest BCUT2D eigenvalue weighted by molar-refractivity contribution is 7.16. The largest absolute Gasteiger partial charge is 0.356 e. The van der Waals surface area contributed by atoms with E-state index in [9.17, 15) is 0 Å². The first-order valence-corrected chi connectivity index (χ1v) is 8.40. The standard InChI is InChI=1S/C15H22N4S/c1-3-7-16-15-17-13(12-6-10-20-14(12)18-15)19-8-4-11(2)5-9-19/h6,10-11H,3-5,7-9H2,1-2H3,(H,16,17,18). The number of piperidine rings is 1. The van der Waals surface area contributed by atoms with Crippen molar-refractivity contribution in [2.45, 2.75) is 33.1 Å². The van der Waals surface area contributed by atoms with E-state index in [4.69, 9.17) is 4.98 Å². The first kappa shape index (κ1) is 13.6. The minimum Gasteiger partial charge on any atom is -0.356 e. The van der Waals surface area contributed by atoms with E-state index in [2.05, 4.69) is 40.5 Å². The Labute approximate surface area is 124 Å². The molecule has 0 aliphatic carbocycles. The highest BCUT2D eigenvalue weighted by Gasteiger charge is 2.20. The average molecular weight is 290 g/mol. The Hall–Kier alpha value is -1.36. The Morgan fingerprint density at radius 2 is 2.15 bits per heavy atom. The molecule has 20 heavy (non-hydrogen) atoms. The lowest BCUT2D eigenvalue weighted by atomic mass is 9.99. The van der Waals surface area contributed by atoms with E-state index in [0.717, 1.165) is 48.6 Å². The molecule has 0 saturated carbocycles. The SMILES string of the molecule is CCCNc1nc(N2CCC(C)CC2)c2ccsc2n1. The van der Waals surface area contributed by atoms with Gasteiger partial charge in [-0.05, 0) is 36.6 Å². The van der Waals surface area contributed by atoms with Crippen LogP contribution >= 0.6 is 11.3 Å². The highest BCUT2D eigenvalue weighted by atomic mass is 32.1. The number of nitrogens with one attached hydrogen (secondary N) is 1. The van der Waals surface area contributed by atoms with Gasteiger partial charge in [0.25, 0.3) is 0 Å². The van der Waals surface area contributed by atoms with Gasteiger partial charge in [0.1, 0.15) is 10.6 Å². The zero-order valence-corrected chi connectivity index (χ0v) is 13.0. The molecule has 0 unspecified atom stereocenters. The first-order valence-electron chi connectivity index (χ1n) is 7.52. The van der Waals surface area contributed by atoms with Gasteiger partial charge in [-0.25, -0.2) is 4.98 Å². The molecular weight excluding hydrogens is 268 g/mol. The second-order valence-corrected chi connectivity index (χ2v) is 6.50. The molecule has 0 spiro atoms. The van der Waals surface area contributed by atoms with Gasteiger partial charge in [0.05, 0.1) is 5.39 Å². The molecule has 1 saturated heterocycles. The van der Waals surface area contributed by atoms with Crippen LogP contribution in [0.5, 0.6) is 0 Å². The van der Waals surface area contributed by atoms with Crippen LogP contribution < -0.4 is 10.2 Å². The fourth-order valence-electron chi connectivity index (χ4n) is 2.62. The van der Waals surface area contributed by atoms with E-state index in [0.29, 0.717) is 0 Å². The quantitative estimate of drug-likeness (QED) is 0.931. The van der Waals surface area contributed by atoms with Crippen LogP contribution in [0.3, 0.4) is 0 Å². The maximum absolute atomic E-state index is 4.77. The van der Waals surface area contributed by atoms with Crippen LogP contribution in [0.2, 0.25) is 0 Å². The van der Waals surface area contributed by atoms with Gasteiger partial charge < -0.3 is 10.2 Å². The van der Waals surface area contributed by atoms with Gasteiger partial charge in [-0.15, -0.1) is 11.3 Å². The molecule has 0 radical (unpaired) electrons. The summed E-state index contributed by atoms with van der Waals surface area (Å²) in [5.41, 5.74) is 0. The zero-order chi connectivity index (χ0) is 13.9. The number of hydrogen-bond acceptors (Lipinski definition) is 5. The molecule has 0 bridgehead atoms. The maximum atomic E-state index is 4.77. The third-order valence-corrected chi connectivity index (χ3v) is 4.73. The molecule has 0 amide bonds. The van der Waals surface area contributed by atoms with Crippen LogP contribution in [-0.2, 0) is 0 Å². The maximum Gasteiger partial charge on any atom is 0.226 e. The van der Waals surface area contributed by atoms with Gasteiger partial charge in [-0.2, -0.15) is 4.98 Å². The lowest BCUT2D eigenvalue weighted by molar-refractivity contribution is 0.437. The van der Waals surface area contributed by atoms with Gasteiger partial charge in [0.15, 0.2) is 0 Å². The molecule has 1 fully saturated rings. The van der Waals surface area contributed by atoms with E-state index in [1.54, 1.807) is 11.3 Å². The molecule has 2 aromatic rings. The summed E-state index contributed by atoms with van der Waals surface area (Å²) in [6, 6.07) is 2.15. The van der Waals surface area contributed by atoms with Crippen molar-refractivity contribution in [2.24, 2.45) is 5.92 Å². The van der Waals surface area contributed by atoms with Crippen LogP contribution in [0.1, 0.15) is 33.1 Å². The Morgan fingerprint density at radius 3 is 2.90 bits per heavy atom. The molecular formula is C15H22N4S. The van der Waals surface area contributed by atoms with E-state index < -0.39 is 0 Å². The van der Waals surface area contributed by atoms with Gasteiger partial charge >= 0.3 is 0 Å². The van der Waals surface area contributed by atoms with E-state index in [1.165, 1.54) is 18.2 Å². The van der Waals surface area contributed by atoms with Gasteiger partial charge in [0.2, 0.25) is 5.95 Å². The Bertz CT molecular complexity index is 572. The van der Waals surface area contributed by atoms with E-state index >= 15 is 0 Å². The summed E-state index contributed by atoms with van der Waals surface area (Å²) in [5.74, 6) is 2.72. The van der Waals surface area contributed by atoms with Gasteiger partial charge in [-0.1, -0.05) is 13.8 Å². The highest BCUT2D eigenvalue weighted by Crippen LogP contribution is 2.31. The Kier molecular flexibility index (Phi) is 4.05. The first-order chi connectivity index (χ1) is 9.78. The Morgan fingerprint density at radius 1 is 1.35 bits per heavy atom. The number of aromatic nitrogens is 2. The molecule has 1 N–H and O–H groups in total. The van der Waals surface area contributed by atoms with E-state index in [1.807, 2.05) is 0 Å². The minimum absolute atomic E-state index is 0.774. The fourth-order valence-corrected chi connectivity index (χ4v) is 3.38. The number of fused-ring (bicyclic) bond motifs is 1. The second kappa shape index (κ2) is 5.95. The second-order valence-electron chi connectivity index (χ2n) is 5.61. The predicted molar refractivity (Wildman–Crippen MR) is 86.8 cm³/mol. The van der Waals surface area contributed by atoms with Crippen LogP contribution in [0.15, 0.2) is 11.4 Å². The van der Waals surface area contributed by atoms with Crippen molar-refractivity contribution in [3.8, 4) is 0 Å². The topological polar surface area (TPSA) is 41.1 Å². The summed E-state index contributed by atoms with van der Waals surface area (Å²) in [6.45, 7) is 7.63. The van der Waals surface area contributed by atoms with Crippen molar-refractivity contribution >= 4 is 33.3 Å². The number of rotatable bonds is 4. The van der Waals surface area contributed by atoms with Crippen molar-refractivity contribution < 1.29 is 0 Å². The predicted octanol–water partition coefficient (Wildman–Crippen LogP) is 3.75.